The molecule has 0 aliphatic rings. The van der Waals surface area contributed by atoms with Crippen molar-refractivity contribution in [3.05, 3.63) is 0 Å². The summed E-state index contributed by atoms with van der Waals surface area (Å²) in [5.41, 5.74) is 5.45. The number of carbonyl (C=O) groups is 1. The first kappa shape index (κ1) is 13.3. The fourth-order valence-corrected chi connectivity index (χ4v) is 0.577. The topological polar surface area (TPSA) is 55.1 Å². The monoisotopic (exact) mass is 180 g/mol. The third-order valence-corrected chi connectivity index (χ3v) is 1.21. The number of carbonyl (C=O) groups excluding carboxylic acids is 1. The van der Waals surface area contributed by atoms with Crippen LogP contribution in [-0.4, -0.2) is 18.0 Å². The third kappa shape index (κ3) is 6.13. The number of hydrogen-bond donors (Lipinski definition) is 2. The van der Waals surface area contributed by atoms with E-state index in [0.29, 0.717) is 6.42 Å². The highest BCUT2D eigenvalue weighted by Crippen LogP contribution is 1.86. The van der Waals surface area contributed by atoms with Crippen LogP contribution in [0.15, 0.2) is 0 Å². The van der Waals surface area contributed by atoms with Crippen molar-refractivity contribution in [2.45, 2.75) is 39.3 Å². The predicted octanol–water partition coefficient (Wildman–Crippen LogP) is 0.670. The van der Waals surface area contributed by atoms with Crippen LogP contribution in [0.4, 0.5) is 0 Å². The molecule has 0 aromatic heterocycles. The van der Waals surface area contributed by atoms with Gasteiger partial charge in [0.1, 0.15) is 0 Å². The Balaban J connectivity index is 0. The molecule has 0 aromatic carbocycles. The number of hydrogen-bond acceptors (Lipinski definition) is 2. The Morgan fingerprint density at radius 3 is 2.27 bits per heavy atom. The Morgan fingerprint density at radius 1 is 1.55 bits per heavy atom. The Labute approximate surface area is 74.1 Å². The molecule has 68 valence electrons. The van der Waals surface area contributed by atoms with Gasteiger partial charge in [-0.2, -0.15) is 0 Å². The van der Waals surface area contributed by atoms with Gasteiger partial charge in [-0.3, -0.25) is 4.79 Å². The molecule has 11 heavy (non-hydrogen) atoms. The van der Waals surface area contributed by atoms with Gasteiger partial charge in [0.2, 0.25) is 5.91 Å². The molecule has 0 spiro atoms. The summed E-state index contributed by atoms with van der Waals surface area (Å²) >= 11 is 0. The van der Waals surface area contributed by atoms with E-state index in [1.165, 1.54) is 0 Å². The maximum atomic E-state index is 10.9. The lowest BCUT2D eigenvalue weighted by molar-refractivity contribution is -0.122. The highest BCUT2D eigenvalue weighted by atomic mass is 35.5. The average Bonchev–Trinajstić information content (AvgIpc) is 1.85. The zero-order chi connectivity index (χ0) is 8.15. The van der Waals surface area contributed by atoms with E-state index >= 15 is 0 Å². The summed E-state index contributed by atoms with van der Waals surface area (Å²) in [5.74, 6) is -0.0579. The molecular weight excluding hydrogens is 164 g/mol. The van der Waals surface area contributed by atoms with E-state index in [4.69, 9.17) is 5.73 Å². The molecule has 0 aliphatic carbocycles. The van der Waals surface area contributed by atoms with Crippen molar-refractivity contribution in [2.75, 3.05) is 0 Å². The molecule has 3 N–H and O–H groups in total. The van der Waals surface area contributed by atoms with Gasteiger partial charge < -0.3 is 11.1 Å². The van der Waals surface area contributed by atoms with E-state index in [2.05, 4.69) is 5.32 Å². The maximum absolute atomic E-state index is 10.9. The van der Waals surface area contributed by atoms with E-state index < -0.39 is 0 Å². The largest absolute Gasteiger partial charge is 0.353 e. The minimum absolute atomic E-state index is 0. The summed E-state index contributed by atoms with van der Waals surface area (Å²) in [7, 11) is 0. The fraction of sp³-hybridized carbons (Fsp3) is 0.857. The van der Waals surface area contributed by atoms with Crippen molar-refractivity contribution in [2.24, 2.45) is 5.73 Å². The summed E-state index contributed by atoms with van der Waals surface area (Å²) in [6.45, 7) is 5.73. The quantitative estimate of drug-likeness (QED) is 0.671. The van der Waals surface area contributed by atoms with Crippen LogP contribution in [0.25, 0.3) is 0 Å². The molecule has 4 heteroatoms. The Bertz CT molecular complexity index is 117. The van der Waals surface area contributed by atoms with E-state index in [0.717, 1.165) is 0 Å². The van der Waals surface area contributed by atoms with Crippen LogP contribution in [0.1, 0.15) is 27.2 Å². The second-order valence-electron chi connectivity index (χ2n) is 2.68. The minimum Gasteiger partial charge on any atom is -0.353 e. The Morgan fingerprint density at radius 2 is 2.00 bits per heavy atom. The van der Waals surface area contributed by atoms with Crippen LogP contribution in [0, 0.1) is 0 Å². The number of nitrogens with one attached hydrogen (secondary N) is 1. The van der Waals surface area contributed by atoms with Crippen molar-refractivity contribution in [1.82, 2.24) is 5.32 Å². The van der Waals surface area contributed by atoms with Gasteiger partial charge in [0.25, 0.3) is 0 Å². The number of amides is 1. The lowest BCUT2D eigenvalue weighted by Gasteiger charge is -2.11. The maximum Gasteiger partial charge on any atom is 0.237 e. The normalized spacial score (nSPS) is 12.1. The summed E-state index contributed by atoms with van der Waals surface area (Å²) in [6, 6.07) is -0.160. The second-order valence-corrected chi connectivity index (χ2v) is 2.68. The predicted molar refractivity (Wildman–Crippen MR) is 48.8 cm³/mol. The second kappa shape index (κ2) is 6.43. The molecule has 0 bridgehead atoms. The molecule has 0 rings (SSSR count). The SMILES string of the molecule is CCC(N)C(=O)NC(C)C.Cl. The van der Waals surface area contributed by atoms with Gasteiger partial charge in [-0.15, -0.1) is 12.4 Å². The molecule has 0 saturated carbocycles. The fourth-order valence-electron chi connectivity index (χ4n) is 0.577. The van der Waals surface area contributed by atoms with E-state index in [-0.39, 0.29) is 30.4 Å². The molecule has 1 amide bonds. The molecule has 0 heterocycles. The zero-order valence-electron chi connectivity index (χ0n) is 7.26. The van der Waals surface area contributed by atoms with Gasteiger partial charge >= 0.3 is 0 Å². The van der Waals surface area contributed by atoms with Gasteiger partial charge in [0.05, 0.1) is 6.04 Å². The molecule has 3 nitrogen and oxygen atoms in total. The van der Waals surface area contributed by atoms with Gasteiger partial charge in [-0.05, 0) is 20.3 Å². The van der Waals surface area contributed by atoms with Crippen LogP contribution < -0.4 is 11.1 Å². The summed E-state index contributed by atoms with van der Waals surface area (Å²) in [6.07, 6.45) is 0.693. The molecule has 0 radical (unpaired) electrons. The van der Waals surface area contributed by atoms with Crippen molar-refractivity contribution < 1.29 is 4.79 Å². The average molecular weight is 181 g/mol. The zero-order valence-corrected chi connectivity index (χ0v) is 8.07. The molecule has 1 unspecified atom stereocenters. The van der Waals surface area contributed by atoms with Gasteiger partial charge in [0, 0.05) is 6.04 Å². The Kier molecular flexibility index (Phi) is 7.79. The smallest absolute Gasteiger partial charge is 0.237 e. The van der Waals surface area contributed by atoms with Crippen molar-refractivity contribution in [1.29, 1.82) is 0 Å². The van der Waals surface area contributed by atoms with Gasteiger partial charge in [0.15, 0.2) is 0 Å². The van der Waals surface area contributed by atoms with Crippen molar-refractivity contribution in [3.8, 4) is 0 Å². The third-order valence-electron chi connectivity index (χ3n) is 1.21. The lowest BCUT2D eigenvalue weighted by atomic mass is 10.2. The minimum atomic E-state index is -0.345. The molecule has 0 saturated heterocycles. The van der Waals surface area contributed by atoms with Crippen LogP contribution in [-0.2, 0) is 4.79 Å². The van der Waals surface area contributed by atoms with E-state index in [1.807, 2.05) is 20.8 Å². The van der Waals surface area contributed by atoms with Crippen LogP contribution in [0.3, 0.4) is 0 Å². The molecule has 0 aliphatic heterocycles. The first-order valence-electron chi connectivity index (χ1n) is 3.63. The number of nitrogens with two attached hydrogens (primary N) is 1. The Hall–Kier alpha value is -0.280. The number of rotatable bonds is 3. The van der Waals surface area contributed by atoms with Crippen LogP contribution in [0.2, 0.25) is 0 Å². The standard InChI is InChI=1S/C7H16N2O.ClH/c1-4-6(8)7(10)9-5(2)3;/h5-6H,4,8H2,1-3H3,(H,9,10);1H. The first-order valence-corrected chi connectivity index (χ1v) is 3.63. The first-order chi connectivity index (χ1) is 4.57. The highest BCUT2D eigenvalue weighted by molar-refractivity contribution is 5.85. The van der Waals surface area contributed by atoms with Crippen molar-refractivity contribution >= 4 is 18.3 Å². The van der Waals surface area contributed by atoms with Crippen molar-refractivity contribution in [3.63, 3.8) is 0 Å². The van der Waals surface area contributed by atoms with Crippen LogP contribution in [0.5, 0.6) is 0 Å². The van der Waals surface area contributed by atoms with Crippen LogP contribution >= 0.6 is 12.4 Å². The van der Waals surface area contributed by atoms with Gasteiger partial charge in [-0.1, -0.05) is 6.92 Å². The molecule has 0 fully saturated rings. The highest BCUT2D eigenvalue weighted by Gasteiger charge is 2.10. The molecule has 0 aromatic rings. The van der Waals surface area contributed by atoms with E-state index in [9.17, 15) is 4.79 Å². The lowest BCUT2D eigenvalue weighted by Crippen LogP contribution is -2.43. The molecular formula is C7H17ClN2O. The van der Waals surface area contributed by atoms with E-state index in [1.54, 1.807) is 0 Å². The number of halogens is 1. The van der Waals surface area contributed by atoms with Gasteiger partial charge in [-0.25, -0.2) is 0 Å². The summed E-state index contributed by atoms with van der Waals surface area (Å²) < 4.78 is 0. The summed E-state index contributed by atoms with van der Waals surface area (Å²) in [4.78, 5) is 10.9. The summed E-state index contributed by atoms with van der Waals surface area (Å²) in [5, 5.41) is 2.73. The molecule has 1 atom stereocenters.